The molecule has 1 aliphatic rings. The molecule has 0 amide bonds. The average molecular weight is 298 g/mol. The minimum Gasteiger partial charge on any atom is -0.394 e. The number of morpholine rings is 1. The SMILES string of the molecule is CC1COC(CO)CN1C(C)C(=O)c1cccc(Cl)c1. The monoisotopic (exact) mass is 297 g/mol. The first kappa shape index (κ1) is 15.4. The molecule has 0 spiro atoms. The molecule has 1 heterocycles. The molecular formula is C15H20ClNO3. The van der Waals surface area contributed by atoms with Crippen LogP contribution < -0.4 is 0 Å². The lowest BCUT2D eigenvalue weighted by molar-refractivity contribution is -0.0846. The molecule has 0 radical (unpaired) electrons. The fourth-order valence-electron chi connectivity index (χ4n) is 2.52. The summed E-state index contributed by atoms with van der Waals surface area (Å²) < 4.78 is 5.50. The van der Waals surface area contributed by atoms with E-state index in [1.54, 1.807) is 24.3 Å². The molecule has 1 aliphatic heterocycles. The Hall–Kier alpha value is -0.940. The number of hydrogen-bond donors (Lipinski definition) is 1. The van der Waals surface area contributed by atoms with Crippen molar-refractivity contribution in [2.75, 3.05) is 19.8 Å². The van der Waals surface area contributed by atoms with Gasteiger partial charge >= 0.3 is 0 Å². The third-order valence-corrected chi connectivity index (χ3v) is 3.98. The van der Waals surface area contributed by atoms with Gasteiger partial charge in [0.15, 0.2) is 5.78 Å². The number of ether oxygens (including phenoxy) is 1. The molecule has 3 unspecified atom stereocenters. The van der Waals surface area contributed by atoms with Crippen LogP contribution in [0.25, 0.3) is 0 Å². The minimum atomic E-state index is -0.263. The molecule has 1 fully saturated rings. The van der Waals surface area contributed by atoms with Gasteiger partial charge in [0, 0.05) is 23.2 Å². The van der Waals surface area contributed by atoms with Crippen LogP contribution in [-0.2, 0) is 4.74 Å². The van der Waals surface area contributed by atoms with Crippen LogP contribution in [0.15, 0.2) is 24.3 Å². The van der Waals surface area contributed by atoms with E-state index < -0.39 is 0 Å². The number of carbonyl (C=O) groups is 1. The summed E-state index contributed by atoms with van der Waals surface area (Å²) >= 11 is 5.93. The van der Waals surface area contributed by atoms with Gasteiger partial charge in [0.2, 0.25) is 0 Å². The molecule has 2 rings (SSSR count). The highest BCUT2D eigenvalue weighted by atomic mass is 35.5. The van der Waals surface area contributed by atoms with E-state index in [2.05, 4.69) is 4.90 Å². The van der Waals surface area contributed by atoms with Crippen LogP contribution in [0.5, 0.6) is 0 Å². The fraction of sp³-hybridized carbons (Fsp3) is 0.533. The van der Waals surface area contributed by atoms with E-state index in [0.717, 1.165) is 0 Å². The molecule has 0 bridgehead atoms. The molecule has 0 aliphatic carbocycles. The van der Waals surface area contributed by atoms with E-state index in [0.29, 0.717) is 23.7 Å². The lowest BCUT2D eigenvalue weighted by atomic mass is 10.0. The number of aliphatic hydroxyl groups excluding tert-OH is 1. The van der Waals surface area contributed by atoms with Crippen LogP contribution in [0.1, 0.15) is 24.2 Å². The van der Waals surface area contributed by atoms with Crippen LogP contribution >= 0.6 is 11.6 Å². The summed E-state index contributed by atoms with van der Waals surface area (Å²) in [6.45, 7) is 4.97. The second kappa shape index (κ2) is 6.68. The van der Waals surface area contributed by atoms with Crippen molar-refractivity contribution >= 4 is 17.4 Å². The van der Waals surface area contributed by atoms with Gasteiger partial charge in [-0.2, -0.15) is 0 Å². The van der Waals surface area contributed by atoms with Gasteiger partial charge in [0.25, 0.3) is 0 Å². The lowest BCUT2D eigenvalue weighted by Crippen LogP contribution is -2.55. The van der Waals surface area contributed by atoms with Gasteiger partial charge in [-0.1, -0.05) is 23.7 Å². The van der Waals surface area contributed by atoms with E-state index in [9.17, 15) is 9.90 Å². The topological polar surface area (TPSA) is 49.8 Å². The Labute approximate surface area is 124 Å². The van der Waals surface area contributed by atoms with Crippen molar-refractivity contribution in [2.24, 2.45) is 0 Å². The molecule has 1 aromatic carbocycles. The highest BCUT2D eigenvalue weighted by Gasteiger charge is 2.32. The van der Waals surface area contributed by atoms with Crippen molar-refractivity contribution in [3.05, 3.63) is 34.9 Å². The van der Waals surface area contributed by atoms with E-state index in [1.165, 1.54) is 0 Å². The molecule has 20 heavy (non-hydrogen) atoms. The van der Waals surface area contributed by atoms with Gasteiger partial charge in [0.1, 0.15) is 0 Å². The van der Waals surface area contributed by atoms with Gasteiger partial charge < -0.3 is 9.84 Å². The van der Waals surface area contributed by atoms with Crippen LogP contribution in [-0.4, -0.2) is 53.7 Å². The Kier molecular flexibility index (Phi) is 5.16. The maximum Gasteiger partial charge on any atom is 0.179 e. The molecule has 0 saturated carbocycles. The van der Waals surface area contributed by atoms with Crippen molar-refractivity contribution < 1.29 is 14.6 Å². The first-order chi connectivity index (χ1) is 9.52. The number of hydrogen-bond acceptors (Lipinski definition) is 4. The first-order valence-electron chi connectivity index (χ1n) is 6.81. The molecule has 4 nitrogen and oxygen atoms in total. The zero-order valence-electron chi connectivity index (χ0n) is 11.8. The zero-order chi connectivity index (χ0) is 14.7. The maximum absolute atomic E-state index is 12.5. The molecule has 1 aromatic rings. The number of Topliss-reactive ketones (excluding diaryl/α,β-unsaturated/α-hetero) is 1. The predicted molar refractivity (Wildman–Crippen MR) is 78.2 cm³/mol. The summed E-state index contributed by atoms with van der Waals surface area (Å²) in [6.07, 6.45) is -0.221. The van der Waals surface area contributed by atoms with E-state index in [4.69, 9.17) is 16.3 Å². The van der Waals surface area contributed by atoms with Crippen molar-refractivity contribution in [2.45, 2.75) is 32.0 Å². The number of aliphatic hydroxyl groups is 1. The van der Waals surface area contributed by atoms with Crippen molar-refractivity contribution in [1.29, 1.82) is 0 Å². The summed E-state index contributed by atoms with van der Waals surface area (Å²) in [7, 11) is 0. The van der Waals surface area contributed by atoms with Gasteiger partial charge in [-0.05, 0) is 26.0 Å². The number of halogens is 1. The smallest absolute Gasteiger partial charge is 0.179 e. The molecule has 0 aromatic heterocycles. The maximum atomic E-state index is 12.5. The van der Waals surface area contributed by atoms with E-state index >= 15 is 0 Å². The van der Waals surface area contributed by atoms with Crippen molar-refractivity contribution in [3.63, 3.8) is 0 Å². The van der Waals surface area contributed by atoms with Crippen molar-refractivity contribution in [3.8, 4) is 0 Å². The number of nitrogens with zero attached hydrogens (tertiary/aromatic N) is 1. The molecular weight excluding hydrogens is 278 g/mol. The van der Waals surface area contributed by atoms with Crippen LogP contribution in [0.4, 0.5) is 0 Å². The molecule has 5 heteroatoms. The largest absolute Gasteiger partial charge is 0.394 e. The predicted octanol–water partition coefficient (Wildman–Crippen LogP) is 1.99. The van der Waals surface area contributed by atoms with E-state index in [1.807, 2.05) is 13.8 Å². The second-order valence-electron chi connectivity index (χ2n) is 5.23. The third-order valence-electron chi connectivity index (χ3n) is 3.74. The minimum absolute atomic E-state index is 0.0265. The van der Waals surface area contributed by atoms with Gasteiger partial charge in [-0.3, -0.25) is 9.69 Å². The zero-order valence-corrected chi connectivity index (χ0v) is 12.5. The molecule has 1 N–H and O–H groups in total. The van der Waals surface area contributed by atoms with Crippen LogP contribution in [0.2, 0.25) is 5.02 Å². The van der Waals surface area contributed by atoms with E-state index in [-0.39, 0.29) is 30.6 Å². The number of carbonyl (C=O) groups excluding carboxylic acids is 1. The number of ketones is 1. The highest BCUT2D eigenvalue weighted by Crippen LogP contribution is 2.19. The van der Waals surface area contributed by atoms with Gasteiger partial charge in [0.05, 0.1) is 25.4 Å². The highest BCUT2D eigenvalue weighted by molar-refractivity contribution is 6.31. The molecule has 1 saturated heterocycles. The Morgan fingerprint density at radius 2 is 2.35 bits per heavy atom. The third kappa shape index (κ3) is 3.38. The van der Waals surface area contributed by atoms with Crippen LogP contribution in [0.3, 0.4) is 0 Å². The quantitative estimate of drug-likeness (QED) is 0.864. The Morgan fingerprint density at radius 1 is 1.60 bits per heavy atom. The summed E-state index contributed by atoms with van der Waals surface area (Å²) in [5.41, 5.74) is 0.615. The first-order valence-corrected chi connectivity index (χ1v) is 7.18. The lowest BCUT2D eigenvalue weighted by Gasteiger charge is -2.40. The number of benzene rings is 1. The van der Waals surface area contributed by atoms with Crippen LogP contribution in [0, 0.1) is 0 Å². The summed E-state index contributed by atoms with van der Waals surface area (Å²) in [4.78, 5) is 14.6. The Morgan fingerprint density at radius 3 is 3.00 bits per heavy atom. The molecule has 3 atom stereocenters. The Bertz CT molecular complexity index is 480. The Balaban J connectivity index is 2.13. The summed E-state index contributed by atoms with van der Waals surface area (Å²) in [5.74, 6) is 0.0398. The molecule has 110 valence electrons. The standard InChI is InChI=1S/C15H20ClNO3/c1-10-9-20-14(8-18)7-17(10)11(2)15(19)12-4-3-5-13(16)6-12/h3-6,10-11,14,18H,7-9H2,1-2H3. The second-order valence-corrected chi connectivity index (χ2v) is 5.67. The van der Waals surface area contributed by atoms with Crippen molar-refractivity contribution in [1.82, 2.24) is 4.90 Å². The summed E-state index contributed by atoms with van der Waals surface area (Å²) in [5, 5.41) is 9.78. The number of rotatable bonds is 4. The summed E-state index contributed by atoms with van der Waals surface area (Å²) in [6, 6.07) is 6.88. The average Bonchev–Trinajstić information content (AvgIpc) is 2.46. The normalized spacial score (nSPS) is 25.4. The fourth-order valence-corrected chi connectivity index (χ4v) is 2.71. The van der Waals surface area contributed by atoms with Gasteiger partial charge in [-0.25, -0.2) is 0 Å². The van der Waals surface area contributed by atoms with Gasteiger partial charge in [-0.15, -0.1) is 0 Å².